The summed E-state index contributed by atoms with van der Waals surface area (Å²) in [6.45, 7) is 3.12. The largest absolute Gasteiger partial charge is 0.466 e. The standard InChI is InChI=1S/C13H23NO2/c15-13-7-3-1-2-6-12(8-11-16-13)14-9-4-5-10-14/h12H,1-11H2. The van der Waals surface area contributed by atoms with E-state index in [1.54, 1.807) is 0 Å². The van der Waals surface area contributed by atoms with E-state index in [4.69, 9.17) is 4.74 Å². The highest BCUT2D eigenvalue weighted by Crippen LogP contribution is 2.20. The minimum Gasteiger partial charge on any atom is -0.466 e. The van der Waals surface area contributed by atoms with Gasteiger partial charge in [-0.05, 0) is 45.2 Å². The van der Waals surface area contributed by atoms with Crippen LogP contribution in [0, 0.1) is 0 Å². The minimum absolute atomic E-state index is 0.00192. The maximum absolute atomic E-state index is 11.3. The number of ether oxygens (including phenoxy) is 1. The van der Waals surface area contributed by atoms with Crippen LogP contribution in [-0.2, 0) is 9.53 Å². The van der Waals surface area contributed by atoms with Gasteiger partial charge < -0.3 is 9.64 Å². The van der Waals surface area contributed by atoms with Crippen LogP contribution < -0.4 is 0 Å². The second-order valence-electron chi connectivity index (χ2n) is 5.01. The van der Waals surface area contributed by atoms with Gasteiger partial charge in [0.25, 0.3) is 0 Å². The van der Waals surface area contributed by atoms with Crippen molar-refractivity contribution in [3.05, 3.63) is 0 Å². The van der Waals surface area contributed by atoms with Gasteiger partial charge in [0.2, 0.25) is 0 Å². The maximum atomic E-state index is 11.3. The smallest absolute Gasteiger partial charge is 0.305 e. The predicted molar refractivity (Wildman–Crippen MR) is 63.3 cm³/mol. The lowest BCUT2D eigenvalue weighted by atomic mass is 10.0. The van der Waals surface area contributed by atoms with Crippen molar-refractivity contribution in [2.24, 2.45) is 0 Å². The average Bonchev–Trinajstić information content (AvgIpc) is 2.80. The quantitative estimate of drug-likeness (QED) is 0.642. The van der Waals surface area contributed by atoms with Crippen LogP contribution >= 0.6 is 0 Å². The molecule has 2 saturated heterocycles. The Kier molecular flexibility index (Phi) is 4.64. The molecule has 3 nitrogen and oxygen atoms in total. The number of nitrogens with zero attached hydrogens (tertiary/aromatic N) is 1. The van der Waals surface area contributed by atoms with E-state index >= 15 is 0 Å². The maximum Gasteiger partial charge on any atom is 0.305 e. The molecular formula is C13H23NO2. The third-order valence-corrected chi connectivity index (χ3v) is 3.79. The van der Waals surface area contributed by atoms with Crippen LogP contribution in [0.25, 0.3) is 0 Å². The lowest BCUT2D eigenvalue weighted by molar-refractivity contribution is -0.144. The first-order valence-electron chi connectivity index (χ1n) is 6.76. The van der Waals surface area contributed by atoms with Crippen molar-refractivity contribution < 1.29 is 9.53 Å². The van der Waals surface area contributed by atoms with Crippen molar-refractivity contribution in [2.45, 2.75) is 57.4 Å². The Morgan fingerprint density at radius 2 is 1.81 bits per heavy atom. The number of carbonyl (C=O) groups is 1. The molecule has 2 aliphatic heterocycles. The summed E-state index contributed by atoms with van der Waals surface area (Å²) in [4.78, 5) is 13.9. The summed E-state index contributed by atoms with van der Waals surface area (Å²) in [6, 6.07) is 0.661. The lowest BCUT2D eigenvalue weighted by Gasteiger charge is -2.28. The molecule has 0 amide bonds. The van der Waals surface area contributed by atoms with E-state index in [2.05, 4.69) is 4.90 Å². The Labute approximate surface area is 98.1 Å². The molecule has 2 heterocycles. The molecule has 0 bridgehead atoms. The van der Waals surface area contributed by atoms with E-state index in [0.29, 0.717) is 19.1 Å². The highest BCUT2D eigenvalue weighted by atomic mass is 16.5. The fourth-order valence-corrected chi connectivity index (χ4v) is 2.82. The van der Waals surface area contributed by atoms with E-state index in [1.165, 1.54) is 45.2 Å². The fraction of sp³-hybridized carbons (Fsp3) is 0.923. The lowest BCUT2D eigenvalue weighted by Crippen LogP contribution is -2.34. The zero-order valence-corrected chi connectivity index (χ0v) is 10.1. The Bertz CT molecular complexity index is 224. The summed E-state index contributed by atoms with van der Waals surface area (Å²) in [6.07, 6.45) is 9.09. The molecule has 0 aliphatic carbocycles. The van der Waals surface area contributed by atoms with Gasteiger partial charge in [0.15, 0.2) is 0 Å². The van der Waals surface area contributed by atoms with Gasteiger partial charge in [-0.3, -0.25) is 4.79 Å². The van der Waals surface area contributed by atoms with Gasteiger partial charge >= 0.3 is 5.97 Å². The molecule has 1 unspecified atom stereocenters. The molecule has 0 spiro atoms. The third-order valence-electron chi connectivity index (χ3n) is 3.79. The molecule has 2 aliphatic rings. The molecule has 0 aromatic heterocycles. The van der Waals surface area contributed by atoms with Crippen LogP contribution in [0.3, 0.4) is 0 Å². The number of carbonyl (C=O) groups excluding carboxylic acids is 1. The van der Waals surface area contributed by atoms with Crippen molar-refractivity contribution >= 4 is 5.97 Å². The van der Waals surface area contributed by atoms with Crippen molar-refractivity contribution in [3.8, 4) is 0 Å². The van der Waals surface area contributed by atoms with Gasteiger partial charge in [-0.15, -0.1) is 0 Å². The first-order chi connectivity index (χ1) is 7.86. The van der Waals surface area contributed by atoms with Gasteiger partial charge in [-0.2, -0.15) is 0 Å². The summed E-state index contributed by atoms with van der Waals surface area (Å²) in [5.41, 5.74) is 0. The highest BCUT2D eigenvalue weighted by molar-refractivity contribution is 5.69. The van der Waals surface area contributed by atoms with E-state index in [0.717, 1.165) is 12.8 Å². The molecule has 2 fully saturated rings. The molecule has 1 atom stereocenters. The van der Waals surface area contributed by atoms with Crippen LogP contribution in [0.1, 0.15) is 51.4 Å². The number of likely N-dealkylation sites (tertiary alicyclic amines) is 1. The molecule has 0 N–H and O–H groups in total. The monoisotopic (exact) mass is 225 g/mol. The van der Waals surface area contributed by atoms with Gasteiger partial charge in [0.05, 0.1) is 6.61 Å². The second kappa shape index (κ2) is 6.24. The first kappa shape index (κ1) is 11.9. The molecule has 3 heteroatoms. The Balaban J connectivity index is 1.82. The normalized spacial score (nSPS) is 30.0. The number of hydrogen-bond donors (Lipinski definition) is 0. The summed E-state index contributed by atoms with van der Waals surface area (Å²) >= 11 is 0. The Morgan fingerprint density at radius 1 is 1.00 bits per heavy atom. The van der Waals surface area contributed by atoms with E-state index in [-0.39, 0.29) is 5.97 Å². The third kappa shape index (κ3) is 3.48. The minimum atomic E-state index is 0.00192. The Hall–Kier alpha value is -0.570. The van der Waals surface area contributed by atoms with Gasteiger partial charge in [-0.25, -0.2) is 0 Å². The van der Waals surface area contributed by atoms with Gasteiger partial charge in [0, 0.05) is 12.5 Å². The van der Waals surface area contributed by atoms with Crippen molar-refractivity contribution in [1.82, 2.24) is 4.90 Å². The second-order valence-corrected chi connectivity index (χ2v) is 5.01. The van der Waals surface area contributed by atoms with Crippen molar-refractivity contribution in [1.29, 1.82) is 0 Å². The molecule has 0 aromatic rings. The highest BCUT2D eigenvalue weighted by Gasteiger charge is 2.22. The van der Waals surface area contributed by atoms with Crippen LogP contribution in [0.2, 0.25) is 0 Å². The molecule has 0 radical (unpaired) electrons. The molecule has 0 aromatic carbocycles. The fourth-order valence-electron chi connectivity index (χ4n) is 2.82. The SMILES string of the molecule is O=C1CCCCCC(N2CCCC2)CCO1. The zero-order valence-electron chi connectivity index (χ0n) is 10.1. The van der Waals surface area contributed by atoms with Crippen LogP contribution in [-0.4, -0.2) is 36.6 Å². The van der Waals surface area contributed by atoms with Gasteiger partial charge in [-0.1, -0.05) is 12.8 Å². The van der Waals surface area contributed by atoms with E-state index in [1.807, 2.05) is 0 Å². The molecule has 2 rings (SSSR count). The summed E-state index contributed by atoms with van der Waals surface area (Å²) < 4.78 is 5.24. The van der Waals surface area contributed by atoms with Crippen LogP contribution in [0.5, 0.6) is 0 Å². The first-order valence-corrected chi connectivity index (χ1v) is 6.76. The van der Waals surface area contributed by atoms with E-state index < -0.39 is 0 Å². The van der Waals surface area contributed by atoms with E-state index in [9.17, 15) is 4.79 Å². The summed E-state index contributed by atoms with van der Waals surface area (Å²) in [5, 5.41) is 0. The Morgan fingerprint density at radius 3 is 2.62 bits per heavy atom. The topological polar surface area (TPSA) is 29.5 Å². The number of rotatable bonds is 1. The van der Waals surface area contributed by atoms with Crippen LogP contribution in [0.15, 0.2) is 0 Å². The molecule has 16 heavy (non-hydrogen) atoms. The summed E-state index contributed by atoms with van der Waals surface area (Å²) in [5.74, 6) is 0.00192. The molecule has 0 saturated carbocycles. The number of cyclic esters (lactones) is 1. The molecule has 92 valence electrons. The van der Waals surface area contributed by atoms with Gasteiger partial charge in [0.1, 0.15) is 0 Å². The number of hydrogen-bond acceptors (Lipinski definition) is 3. The van der Waals surface area contributed by atoms with Crippen molar-refractivity contribution in [3.63, 3.8) is 0 Å². The zero-order chi connectivity index (χ0) is 11.2. The predicted octanol–water partition coefficient (Wildman–Crippen LogP) is 2.35. The molecular weight excluding hydrogens is 202 g/mol. The summed E-state index contributed by atoms with van der Waals surface area (Å²) in [7, 11) is 0. The van der Waals surface area contributed by atoms with Crippen molar-refractivity contribution in [2.75, 3.05) is 19.7 Å². The van der Waals surface area contributed by atoms with Crippen LogP contribution in [0.4, 0.5) is 0 Å². The number of esters is 1. The average molecular weight is 225 g/mol.